The molecule has 0 aliphatic heterocycles. The second-order valence-electron chi connectivity index (χ2n) is 4.33. The molecular weight excluding hydrogens is 326 g/mol. The van der Waals surface area contributed by atoms with E-state index in [1.54, 1.807) is 0 Å². The van der Waals surface area contributed by atoms with E-state index in [0.29, 0.717) is 4.34 Å². The van der Waals surface area contributed by atoms with Crippen LogP contribution in [-0.4, -0.2) is 16.1 Å². The molecule has 2 heterocycles. The average Bonchev–Trinajstić information content (AvgIpc) is 3.06. The highest BCUT2D eigenvalue weighted by Crippen LogP contribution is 2.38. The van der Waals surface area contributed by atoms with Crippen LogP contribution in [0.2, 0.25) is 4.34 Å². The quantitative estimate of drug-likeness (QED) is 0.743. The van der Waals surface area contributed by atoms with E-state index >= 15 is 0 Å². The number of aliphatic carboxylic acids is 1. The number of thiazole rings is 1. The van der Waals surface area contributed by atoms with E-state index in [1.165, 1.54) is 22.7 Å². The zero-order chi connectivity index (χ0) is 14.8. The molecule has 0 aliphatic carbocycles. The number of hydrogen-bond donors (Lipinski definition) is 1. The Morgan fingerprint density at radius 1 is 1.14 bits per heavy atom. The molecule has 3 aromatic rings. The molecule has 3 rings (SSSR count). The lowest BCUT2D eigenvalue weighted by Crippen LogP contribution is -1.99. The minimum Gasteiger partial charge on any atom is -0.481 e. The van der Waals surface area contributed by atoms with Gasteiger partial charge in [0.15, 0.2) is 0 Å². The topological polar surface area (TPSA) is 50.2 Å². The van der Waals surface area contributed by atoms with E-state index in [2.05, 4.69) is 4.98 Å². The number of carbonyl (C=O) groups is 1. The van der Waals surface area contributed by atoms with Crippen LogP contribution in [-0.2, 0) is 11.2 Å². The maximum atomic E-state index is 11.1. The van der Waals surface area contributed by atoms with E-state index in [4.69, 9.17) is 16.7 Å². The third kappa shape index (κ3) is 3.15. The molecule has 0 saturated heterocycles. The Labute approximate surface area is 134 Å². The summed E-state index contributed by atoms with van der Waals surface area (Å²) in [6.07, 6.45) is -0.0268. The third-order valence-corrected chi connectivity index (χ3v) is 5.30. The minimum absolute atomic E-state index is 0.0268. The molecule has 1 aromatic carbocycles. The van der Waals surface area contributed by atoms with Gasteiger partial charge in [0.25, 0.3) is 0 Å². The summed E-state index contributed by atoms with van der Waals surface area (Å²) in [5.41, 5.74) is 1.67. The normalized spacial score (nSPS) is 10.7. The fourth-order valence-electron chi connectivity index (χ4n) is 1.97. The molecule has 0 atom stereocenters. The molecule has 0 saturated carbocycles. The lowest BCUT2D eigenvalue weighted by Gasteiger charge is -1.99. The summed E-state index contributed by atoms with van der Waals surface area (Å²) in [7, 11) is 0. The van der Waals surface area contributed by atoms with Crippen LogP contribution in [0.25, 0.3) is 21.1 Å². The van der Waals surface area contributed by atoms with Gasteiger partial charge in [-0.1, -0.05) is 41.9 Å². The van der Waals surface area contributed by atoms with E-state index in [1.807, 2.05) is 42.5 Å². The van der Waals surface area contributed by atoms with Crippen LogP contribution in [0.1, 0.15) is 4.88 Å². The Morgan fingerprint density at radius 2 is 1.90 bits per heavy atom. The summed E-state index contributed by atoms with van der Waals surface area (Å²) in [5.74, 6) is -0.855. The van der Waals surface area contributed by atoms with Gasteiger partial charge in [0.05, 0.1) is 21.3 Å². The zero-order valence-electron chi connectivity index (χ0n) is 10.7. The summed E-state index contributed by atoms with van der Waals surface area (Å²) in [6, 6.07) is 13.4. The molecule has 21 heavy (non-hydrogen) atoms. The maximum absolute atomic E-state index is 11.1. The molecule has 3 nitrogen and oxygen atoms in total. The van der Waals surface area contributed by atoms with Crippen molar-refractivity contribution in [3.8, 4) is 21.1 Å². The molecule has 0 radical (unpaired) electrons. The number of hydrogen-bond acceptors (Lipinski definition) is 4. The first-order valence-corrected chi connectivity index (χ1v) is 8.17. The Balaban J connectivity index is 2.09. The smallest absolute Gasteiger partial charge is 0.308 e. The zero-order valence-corrected chi connectivity index (χ0v) is 13.1. The van der Waals surface area contributed by atoms with Crippen molar-refractivity contribution in [1.29, 1.82) is 0 Å². The van der Waals surface area contributed by atoms with E-state index in [0.717, 1.165) is 26.0 Å². The lowest BCUT2D eigenvalue weighted by molar-refractivity contribution is -0.136. The molecule has 1 N–H and O–H groups in total. The summed E-state index contributed by atoms with van der Waals surface area (Å²) in [4.78, 5) is 17.4. The van der Waals surface area contributed by atoms with Gasteiger partial charge < -0.3 is 5.11 Å². The Hall–Kier alpha value is -1.69. The number of benzene rings is 1. The first-order valence-electron chi connectivity index (χ1n) is 6.16. The molecule has 106 valence electrons. The molecule has 0 unspecified atom stereocenters. The third-order valence-electron chi connectivity index (χ3n) is 2.84. The second kappa shape index (κ2) is 5.97. The van der Waals surface area contributed by atoms with Crippen LogP contribution < -0.4 is 0 Å². The van der Waals surface area contributed by atoms with Crippen molar-refractivity contribution in [2.75, 3.05) is 0 Å². The predicted octanol–water partition coefficient (Wildman–Crippen LogP) is 4.82. The number of aromatic nitrogens is 1. The second-order valence-corrected chi connectivity index (χ2v) is 7.13. The molecule has 0 spiro atoms. The first-order chi connectivity index (χ1) is 10.1. The van der Waals surface area contributed by atoms with Crippen LogP contribution in [0.15, 0.2) is 42.5 Å². The van der Waals surface area contributed by atoms with Crippen LogP contribution in [0.3, 0.4) is 0 Å². The fourth-order valence-corrected chi connectivity index (χ4v) is 4.14. The van der Waals surface area contributed by atoms with Crippen molar-refractivity contribution >= 4 is 40.2 Å². The number of nitrogens with zero attached hydrogens (tertiary/aromatic N) is 1. The molecule has 2 aromatic heterocycles. The number of carboxylic acid groups (broad SMARTS) is 1. The van der Waals surface area contributed by atoms with Gasteiger partial charge in [0.1, 0.15) is 5.01 Å². The number of halogens is 1. The van der Waals surface area contributed by atoms with E-state index < -0.39 is 5.97 Å². The highest BCUT2D eigenvalue weighted by atomic mass is 35.5. The van der Waals surface area contributed by atoms with Crippen LogP contribution in [0, 0.1) is 0 Å². The molecular formula is C15H10ClNO2S2. The summed E-state index contributed by atoms with van der Waals surface area (Å²) in [5, 5.41) is 9.89. The van der Waals surface area contributed by atoms with Gasteiger partial charge in [-0.25, -0.2) is 4.98 Å². The van der Waals surface area contributed by atoms with Gasteiger partial charge in [-0.3, -0.25) is 4.79 Å². The Bertz CT molecular complexity index is 780. The lowest BCUT2D eigenvalue weighted by atomic mass is 10.1. The molecule has 0 fully saturated rings. The largest absolute Gasteiger partial charge is 0.481 e. The van der Waals surface area contributed by atoms with Gasteiger partial charge in [0.2, 0.25) is 0 Å². The highest BCUT2D eigenvalue weighted by molar-refractivity contribution is 7.24. The standard InChI is InChI=1S/C15H10ClNO2S2/c16-12-7-6-10(20-12)15-17-14(9-4-2-1-3-5-9)11(21-15)8-13(18)19/h1-7H,8H2,(H,18,19). The molecule has 0 aliphatic rings. The molecule has 0 amide bonds. The Kier molecular flexibility index (Phi) is 4.05. The van der Waals surface area contributed by atoms with Crippen LogP contribution >= 0.6 is 34.3 Å². The number of carboxylic acids is 1. The van der Waals surface area contributed by atoms with Crippen LogP contribution in [0.4, 0.5) is 0 Å². The van der Waals surface area contributed by atoms with Gasteiger partial charge in [-0.2, -0.15) is 0 Å². The Morgan fingerprint density at radius 3 is 2.52 bits per heavy atom. The van der Waals surface area contributed by atoms with Crippen molar-refractivity contribution in [2.45, 2.75) is 6.42 Å². The maximum Gasteiger partial charge on any atom is 0.308 e. The summed E-state index contributed by atoms with van der Waals surface area (Å²) < 4.78 is 0.696. The van der Waals surface area contributed by atoms with Gasteiger partial charge >= 0.3 is 5.97 Å². The predicted molar refractivity (Wildman–Crippen MR) is 87.2 cm³/mol. The van der Waals surface area contributed by atoms with E-state index in [-0.39, 0.29) is 6.42 Å². The summed E-state index contributed by atoms with van der Waals surface area (Å²) >= 11 is 8.81. The van der Waals surface area contributed by atoms with Crippen molar-refractivity contribution in [2.24, 2.45) is 0 Å². The number of rotatable bonds is 4. The number of thiophene rings is 1. The van der Waals surface area contributed by atoms with Gasteiger partial charge in [0, 0.05) is 10.4 Å². The first kappa shape index (κ1) is 14.3. The fraction of sp³-hybridized carbons (Fsp3) is 0.0667. The van der Waals surface area contributed by atoms with Crippen LogP contribution in [0.5, 0.6) is 0 Å². The van der Waals surface area contributed by atoms with Gasteiger partial charge in [-0.15, -0.1) is 22.7 Å². The van der Waals surface area contributed by atoms with Crippen molar-refractivity contribution in [3.63, 3.8) is 0 Å². The molecule has 6 heteroatoms. The monoisotopic (exact) mass is 335 g/mol. The van der Waals surface area contributed by atoms with E-state index in [9.17, 15) is 4.79 Å². The van der Waals surface area contributed by atoms with Crippen molar-refractivity contribution in [3.05, 3.63) is 51.7 Å². The van der Waals surface area contributed by atoms with Crippen molar-refractivity contribution in [1.82, 2.24) is 4.98 Å². The molecule has 0 bridgehead atoms. The average molecular weight is 336 g/mol. The van der Waals surface area contributed by atoms with Gasteiger partial charge in [-0.05, 0) is 12.1 Å². The SMILES string of the molecule is O=C(O)Cc1sc(-c2ccc(Cl)s2)nc1-c1ccccc1. The summed E-state index contributed by atoms with van der Waals surface area (Å²) in [6.45, 7) is 0. The minimum atomic E-state index is -0.855. The highest BCUT2D eigenvalue weighted by Gasteiger charge is 2.17. The van der Waals surface area contributed by atoms with Crippen molar-refractivity contribution < 1.29 is 9.90 Å².